The Morgan fingerprint density at radius 3 is 2.95 bits per heavy atom. The largest absolute Gasteiger partial charge is 0.476 e. The molecule has 19 heavy (non-hydrogen) atoms. The molecule has 3 N–H and O–H groups in total. The highest BCUT2D eigenvalue weighted by Crippen LogP contribution is 2.10. The average molecular weight is 285 g/mol. The topological polar surface area (TPSA) is 72.5 Å². The molecule has 0 spiro atoms. The number of ether oxygens (including phenoxy) is 1. The quantitative estimate of drug-likeness (QED) is 0.457. The van der Waals surface area contributed by atoms with Crippen LogP contribution in [0.1, 0.15) is 20.3 Å². The first kappa shape index (κ1) is 15.6. The molecule has 1 aromatic heterocycles. The highest BCUT2D eigenvalue weighted by atomic mass is 35.5. The van der Waals surface area contributed by atoms with Crippen LogP contribution >= 0.6 is 11.6 Å². The monoisotopic (exact) mass is 284 g/mol. The lowest BCUT2D eigenvalue weighted by molar-refractivity contribution is 0.310. The Balaban J connectivity index is 2.14. The van der Waals surface area contributed by atoms with Gasteiger partial charge in [-0.1, -0.05) is 25.4 Å². The van der Waals surface area contributed by atoms with Crippen molar-refractivity contribution >= 4 is 17.6 Å². The summed E-state index contributed by atoms with van der Waals surface area (Å²) in [6, 6.07) is 3.46. The zero-order valence-electron chi connectivity index (χ0n) is 11.4. The predicted molar refractivity (Wildman–Crippen MR) is 78.7 cm³/mol. The predicted octanol–water partition coefficient (Wildman–Crippen LogP) is 2.06. The Labute approximate surface area is 119 Å². The van der Waals surface area contributed by atoms with E-state index in [1.54, 1.807) is 18.3 Å². The molecule has 0 atom stereocenters. The molecule has 0 aliphatic carbocycles. The normalized spacial score (nSPS) is 11.7. The summed E-state index contributed by atoms with van der Waals surface area (Å²) in [5.41, 5.74) is 5.71. The minimum atomic E-state index is 0.452. The van der Waals surface area contributed by atoms with Crippen molar-refractivity contribution in [2.24, 2.45) is 16.6 Å². The van der Waals surface area contributed by atoms with Gasteiger partial charge in [0.1, 0.15) is 6.61 Å². The molecule has 0 aliphatic heterocycles. The van der Waals surface area contributed by atoms with Gasteiger partial charge < -0.3 is 15.8 Å². The Morgan fingerprint density at radius 2 is 2.32 bits per heavy atom. The standard InChI is InChI=1S/C13H21ClN4O/c1-10(2)5-6-16-13(15)17-7-8-19-12-4-3-11(14)9-18-12/h3-4,9-10H,5-8H2,1-2H3,(H3,15,16,17). The highest BCUT2D eigenvalue weighted by molar-refractivity contribution is 6.30. The van der Waals surface area contributed by atoms with Crippen molar-refractivity contribution in [2.75, 3.05) is 19.7 Å². The van der Waals surface area contributed by atoms with E-state index >= 15 is 0 Å². The van der Waals surface area contributed by atoms with Crippen molar-refractivity contribution in [3.8, 4) is 5.88 Å². The summed E-state index contributed by atoms with van der Waals surface area (Å²) in [7, 11) is 0. The summed E-state index contributed by atoms with van der Waals surface area (Å²) in [5, 5.41) is 3.58. The summed E-state index contributed by atoms with van der Waals surface area (Å²) in [5.74, 6) is 1.63. The second kappa shape index (κ2) is 8.58. The number of halogens is 1. The third kappa shape index (κ3) is 7.51. The van der Waals surface area contributed by atoms with Gasteiger partial charge in [-0.05, 0) is 18.4 Å². The molecule has 1 aromatic rings. The van der Waals surface area contributed by atoms with Crippen LogP contribution in [0.5, 0.6) is 5.88 Å². The van der Waals surface area contributed by atoms with E-state index in [9.17, 15) is 0 Å². The molecule has 106 valence electrons. The number of aliphatic imine (C=N–C) groups is 1. The van der Waals surface area contributed by atoms with Gasteiger partial charge in [-0.2, -0.15) is 0 Å². The van der Waals surface area contributed by atoms with E-state index in [0.717, 1.165) is 13.0 Å². The summed E-state index contributed by atoms with van der Waals surface area (Å²) >= 11 is 5.72. The molecule has 0 amide bonds. The Bertz CT molecular complexity index is 392. The zero-order valence-corrected chi connectivity index (χ0v) is 12.2. The second-order valence-corrected chi connectivity index (χ2v) is 4.98. The van der Waals surface area contributed by atoms with E-state index < -0.39 is 0 Å². The molecular weight excluding hydrogens is 264 g/mol. The number of hydrogen-bond acceptors (Lipinski definition) is 3. The first-order valence-corrected chi connectivity index (χ1v) is 6.74. The van der Waals surface area contributed by atoms with Gasteiger partial charge in [0, 0.05) is 18.8 Å². The van der Waals surface area contributed by atoms with E-state index in [1.807, 2.05) is 0 Å². The molecule has 1 rings (SSSR count). The number of nitrogens with zero attached hydrogens (tertiary/aromatic N) is 2. The minimum absolute atomic E-state index is 0.452. The van der Waals surface area contributed by atoms with Crippen LogP contribution in [0.2, 0.25) is 5.02 Å². The number of nitrogens with one attached hydrogen (secondary N) is 1. The van der Waals surface area contributed by atoms with Crippen LogP contribution in [0.15, 0.2) is 23.3 Å². The summed E-state index contributed by atoms with van der Waals surface area (Å²) < 4.78 is 5.41. The second-order valence-electron chi connectivity index (χ2n) is 4.54. The van der Waals surface area contributed by atoms with Gasteiger partial charge in [-0.15, -0.1) is 0 Å². The van der Waals surface area contributed by atoms with Crippen LogP contribution in [0, 0.1) is 5.92 Å². The van der Waals surface area contributed by atoms with Crippen LogP contribution in [0.4, 0.5) is 0 Å². The van der Waals surface area contributed by atoms with E-state index in [-0.39, 0.29) is 0 Å². The van der Waals surface area contributed by atoms with Gasteiger partial charge in [-0.25, -0.2) is 4.98 Å². The number of guanidine groups is 1. The van der Waals surface area contributed by atoms with Crippen LogP contribution in [0.25, 0.3) is 0 Å². The maximum Gasteiger partial charge on any atom is 0.213 e. The van der Waals surface area contributed by atoms with Crippen LogP contribution in [-0.2, 0) is 0 Å². The number of aromatic nitrogens is 1. The van der Waals surface area contributed by atoms with Crippen molar-refractivity contribution in [1.82, 2.24) is 10.3 Å². The Kier molecular flexibility index (Phi) is 7.03. The lowest BCUT2D eigenvalue weighted by Gasteiger charge is -2.07. The van der Waals surface area contributed by atoms with E-state index in [0.29, 0.717) is 35.9 Å². The molecule has 6 heteroatoms. The highest BCUT2D eigenvalue weighted by Gasteiger charge is 1.97. The molecule has 0 bridgehead atoms. The SMILES string of the molecule is CC(C)CCN=C(N)NCCOc1ccc(Cl)cn1. The summed E-state index contributed by atoms with van der Waals surface area (Å²) in [6.07, 6.45) is 2.58. The lowest BCUT2D eigenvalue weighted by atomic mass is 10.1. The van der Waals surface area contributed by atoms with Crippen molar-refractivity contribution in [3.05, 3.63) is 23.4 Å². The first-order valence-electron chi connectivity index (χ1n) is 6.36. The number of hydrogen-bond donors (Lipinski definition) is 2. The third-order valence-corrected chi connectivity index (χ3v) is 2.57. The van der Waals surface area contributed by atoms with Gasteiger partial charge in [0.25, 0.3) is 0 Å². The van der Waals surface area contributed by atoms with E-state index in [4.69, 9.17) is 22.1 Å². The number of nitrogens with two attached hydrogens (primary N) is 1. The van der Waals surface area contributed by atoms with Gasteiger partial charge in [-0.3, -0.25) is 4.99 Å². The van der Waals surface area contributed by atoms with Crippen molar-refractivity contribution in [3.63, 3.8) is 0 Å². The minimum Gasteiger partial charge on any atom is -0.476 e. The molecule has 5 nitrogen and oxygen atoms in total. The van der Waals surface area contributed by atoms with Gasteiger partial charge in [0.2, 0.25) is 5.88 Å². The lowest BCUT2D eigenvalue weighted by Crippen LogP contribution is -2.35. The fourth-order valence-electron chi connectivity index (χ4n) is 1.28. The average Bonchev–Trinajstić information content (AvgIpc) is 2.36. The molecule has 0 radical (unpaired) electrons. The van der Waals surface area contributed by atoms with Crippen LogP contribution < -0.4 is 15.8 Å². The maximum absolute atomic E-state index is 5.72. The molecule has 0 fully saturated rings. The Hall–Kier alpha value is -1.49. The number of rotatable bonds is 7. The molecule has 0 saturated heterocycles. The van der Waals surface area contributed by atoms with Gasteiger partial charge in [0.05, 0.1) is 11.6 Å². The molecule has 0 unspecified atom stereocenters. The Morgan fingerprint density at radius 1 is 1.53 bits per heavy atom. The molecule has 0 aromatic carbocycles. The summed E-state index contributed by atoms with van der Waals surface area (Å²) in [6.45, 7) is 6.12. The van der Waals surface area contributed by atoms with Crippen molar-refractivity contribution in [1.29, 1.82) is 0 Å². The zero-order chi connectivity index (χ0) is 14.1. The summed E-state index contributed by atoms with van der Waals surface area (Å²) in [4.78, 5) is 8.24. The fraction of sp³-hybridized carbons (Fsp3) is 0.538. The fourth-order valence-corrected chi connectivity index (χ4v) is 1.39. The first-order chi connectivity index (χ1) is 9.08. The molecule has 0 aliphatic rings. The molecular formula is C13H21ClN4O. The molecule has 0 saturated carbocycles. The van der Waals surface area contributed by atoms with Crippen molar-refractivity contribution < 1.29 is 4.74 Å². The van der Waals surface area contributed by atoms with Crippen LogP contribution in [0.3, 0.4) is 0 Å². The smallest absolute Gasteiger partial charge is 0.213 e. The van der Waals surface area contributed by atoms with Crippen LogP contribution in [-0.4, -0.2) is 30.6 Å². The van der Waals surface area contributed by atoms with Gasteiger partial charge in [0.15, 0.2) is 5.96 Å². The van der Waals surface area contributed by atoms with E-state index in [2.05, 4.69) is 29.1 Å². The van der Waals surface area contributed by atoms with Gasteiger partial charge >= 0.3 is 0 Å². The maximum atomic E-state index is 5.72. The third-order valence-electron chi connectivity index (χ3n) is 2.35. The molecule has 1 heterocycles. The number of pyridine rings is 1. The van der Waals surface area contributed by atoms with E-state index in [1.165, 1.54) is 0 Å². The van der Waals surface area contributed by atoms with Crippen molar-refractivity contribution in [2.45, 2.75) is 20.3 Å².